The summed E-state index contributed by atoms with van der Waals surface area (Å²) in [5, 5.41) is 7.47. The first-order chi connectivity index (χ1) is 31.2. The van der Waals surface area contributed by atoms with Gasteiger partial charge in [-0.15, -0.1) is 11.3 Å². The first kappa shape index (κ1) is 35.7. The molecule has 63 heavy (non-hydrogen) atoms. The summed E-state index contributed by atoms with van der Waals surface area (Å²) in [7, 11) is 0. The fourth-order valence-corrected chi connectivity index (χ4v) is 10.8. The Morgan fingerprint density at radius 2 is 0.762 bits per heavy atom. The molecule has 0 bridgehead atoms. The van der Waals surface area contributed by atoms with E-state index in [1.807, 2.05) is 11.3 Å². The molecule has 0 amide bonds. The van der Waals surface area contributed by atoms with Crippen LogP contribution in [0.2, 0.25) is 0 Å². The van der Waals surface area contributed by atoms with Crippen LogP contribution in [0.15, 0.2) is 224 Å². The number of aromatic nitrogens is 3. The lowest BCUT2D eigenvalue weighted by Crippen LogP contribution is -2.00. The number of thiophene rings is 1. The first-order valence-electron chi connectivity index (χ1n) is 21.4. The second-order valence-electron chi connectivity index (χ2n) is 16.4. The summed E-state index contributed by atoms with van der Waals surface area (Å²) in [6, 6.07) is 81.6. The average molecular weight is 820 g/mol. The Kier molecular flexibility index (Phi) is 8.08. The predicted molar refractivity (Wildman–Crippen MR) is 268 cm³/mol. The molecule has 0 fully saturated rings. The Morgan fingerprint density at radius 1 is 0.286 bits per heavy atom. The van der Waals surface area contributed by atoms with Gasteiger partial charge < -0.3 is 4.57 Å². The maximum atomic E-state index is 5.44. The molecule has 0 aliphatic carbocycles. The van der Waals surface area contributed by atoms with Crippen LogP contribution in [0.25, 0.3) is 120 Å². The zero-order valence-corrected chi connectivity index (χ0v) is 34.9. The number of fused-ring (bicyclic) bond motifs is 9. The minimum atomic E-state index is 0.886. The zero-order valence-electron chi connectivity index (χ0n) is 34.1. The van der Waals surface area contributed by atoms with Gasteiger partial charge >= 0.3 is 0 Å². The molecule has 294 valence electrons. The number of para-hydroxylation sites is 2. The van der Waals surface area contributed by atoms with Crippen molar-refractivity contribution in [3.8, 4) is 56.1 Å². The van der Waals surface area contributed by atoms with Crippen LogP contribution in [0.4, 0.5) is 0 Å². The lowest BCUT2D eigenvalue weighted by atomic mass is 9.98. The van der Waals surface area contributed by atoms with Crippen molar-refractivity contribution in [2.75, 3.05) is 0 Å². The van der Waals surface area contributed by atoms with Crippen molar-refractivity contribution < 1.29 is 0 Å². The Labute approximate surface area is 368 Å². The highest BCUT2D eigenvalue weighted by Gasteiger charge is 2.19. The van der Waals surface area contributed by atoms with E-state index in [1.165, 1.54) is 75.0 Å². The second-order valence-corrected chi connectivity index (χ2v) is 17.4. The van der Waals surface area contributed by atoms with Gasteiger partial charge in [-0.25, -0.2) is 4.98 Å². The van der Waals surface area contributed by atoms with Crippen LogP contribution in [0.5, 0.6) is 0 Å². The van der Waals surface area contributed by atoms with Gasteiger partial charge in [-0.05, 0) is 118 Å². The summed E-state index contributed by atoms with van der Waals surface area (Å²) in [5.74, 6) is 0.886. The molecule has 0 aliphatic heterocycles. The fourth-order valence-electron chi connectivity index (χ4n) is 9.73. The molecule has 0 aliphatic rings. The summed E-state index contributed by atoms with van der Waals surface area (Å²) in [6.07, 6.45) is 0. The molecule has 3 nitrogen and oxygen atoms in total. The van der Waals surface area contributed by atoms with Gasteiger partial charge in [0.05, 0.1) is 27.8 Å². The largest absolute Gasteiger partial charge is 0.309 e. The van der Waals surface area contributed by atoms with Gasteiger partial charge in [-0.2, -0.15) is 0 Å². The second kappa shape index (κ2) is 14.3. The van der Waals surface area contributed by atoms with E-state index in [-0.39, 0.29) is 0 Å². The highest BCUT2D eigenvalue weighted by atomic mass is 32.1. The number of hydrogen-bond donors (Lipinski definition) is 0. The van der Waals surface area contributed by atoms with Crippen molar-refractivity contribution in [2.24, 2.45) is 0 Å². The molecular formula is C59H37N3S. The fraction of sp³-hybridized carbons (Fsp3) is 0. The molecule has 9 aromatic carbocycles. The van der Waals surface area contributed by atoms with Crippen molar-refractivity contribution in [2.45, 2.75) is 0 Å². The van der Waals surface area contributed by atoms with Gasteiger partial charge in [0.1, 0.15) is 5.82 Å². The van der Waals surface area contributed by atoms with Crippen LogP contribution >= 0.6 is 11.3 Å². The minimum Gasteiger partial charge on any atom is -0.309 e. The van der Waals surface area contributed by atoms with E-state index < -0.39 is 0 Å². The highest BCUT2D eigenvalue weighted by molar-refractivity contribution is 7.25. The van der Waals surface area contributed by atoms with Crippen molar-refractivity contribution in [1.82, 2.24) is 14.1 Å². The third-order valence-electron chi connectivity index (χ3n) is 12.7. The van der Waals surface area contributed by atoms with Gasteiger partial charge in [0.15, 0.2) is 0 Å². The predicted octanol–water partition coefficient (Wildman–Crippen LogP) is 16.3. The lowest BCUT2D eigenvalue weighted by Gasteiger charge is -2.13. The van der Waals surface area contributed by atoms with Crippen LogP contribution < -0.4 is 0 Å². The minimum absolute atomic E-state index is 0.886. The van der Waals surface area contributed by atoms with E-state index in [4.69, 9.17) is 4.98 Å². The van der Waals surface area contributed by atoms with Gasteiger partial charge in [-0.1, -0.05) is 140 Å². The number of benzene rings is 9. The molecule has 0 saturated carbocycles. The first-order valence-corrected chi connectivity index (χ1v) is 22.3. The van der Waals surface area contributed by atoms with Crippen molar-refractivity contribution in [3.63, 3.8) is 0 Å². The summed E-state index contributed by atoms with van der Waals surface area (Å²) in [5.41, 5.74) is 14.9. The molecule has 0 spiro atoms. The van der Waals surface area contributed by atoms with Gasteiger partial charge in [-0.3, -0.25) is 4.57 Å². The van der Waals surface area contributed by atoms with E-state index in [9.17, 15) is 0 Å². The third kappa shape index (κ3) is 5.84. The Hall–Kier alpha value is -8.05. The molecular weight excluding hydrogens is 783 g/mol. The van der Waals surface area contributed by atoms with E-state index in [2.05, 4.69) is 234 Å². The summed E-state index contributed by atoms with van der Waals surface area (Å²) >= 11 is 1.86. The molecule has 4 aromatic heterocycles. The van der Waals surface area contributed by atoms with Crippen LogP contribution in [-0.2, 0) is 0 Å². The zero-order chi connectivity index (χ0) is 41.4. The normalized spacial score (nSPS) is 11.8. The quantitative estimate of drug-likeness (QED) is 0.164. The number of nitrogens with zero attached hydrogens (tertiary/aromatic N) is 3. The average Bonchev–Trinajstić information content (AvgIpc) is 4.01. The van der Waals surface area contributed by atoms with E-state index in [0.29, 0.717) is 0 Å². The summed E-state index contributed by atoms with van der Waals surface area (Å²) in [4.78, 5) is 5.44. The SMILES string of the molecule is c1ccc(-c2cc(-c3ccccc3)nc(-n3c4ccc(-c5ccc6sc7ccccc7c6c5)cc4c4cc(-c5ccc6c(c5)c5ccccc5n6-c5ccccc5)ccc43)c2)cc1. The third-order valence-corrected chi connectivity index (χ3v) is 13.9. The standard InChI is InChI=1S/C59H37N3S/c1-4-14-38(15-5-1)44-36-52(39-16-6-2-7-17-39)60-59(37-44)62-55-29-25-41(40-24-28-54-48(32-40)46-20-10-12-22-53(46)61(54)45-18-8-3-9-19-45)33-49(55)50-34-42(26-30-56(50)62)43-27-31-58-51(35-43)47-21-11-13-23-57(47)63-58/h1-37H. The molecule has 13 aromatic rings. The number of pyridine rings is 1. The van der Waals surface area contributed by atoms with Crippen LogP contribution in [0, 0.1) is 0 Å². The maximum absolute atomic E-state index is 5.44. The van der Waals surface area contributed by atoms with E-state index in [0.717, 1.165) is 44.9 Å². The molecule has 13 rings (SSSR count). The number of hydrogen-bond acceptors (Lipinski definition) is 2. The molecule has 0 N–H and O–H groups in total. The Morgan fingerprint density at radius 3 is 1.43 bits per heavy atom. The molecule has 4 heteroatoms. The monoisotopic (exact) mass is 819 g/mol. The van der Waals surface area contributed by atoms with Crippen LogP contribution in [0.1, 0.15) is 0 Å². The van der Waals surface area contributed by atoms with Crippen molar-refractivity contribution in [1.29, 1.82) is 0 Å². The van der Waals surface area contributed by atoms with E-state index >= 15 is 0 Å². The van der Waals surface area contributed by atoms with Crippen molar-refractivity contribution in [3.05, 3.63) is 224 Å². The van der Waals surface area contributed by atoms with E-state index in [1.54, 1.807) is 0 Å². The molecule has 0 atom stereocenters. The Balaban J connectivity index is 1.05. The van der Waals surface area contributed by atoms with Crippen LogP contribution in [-0.4, -0.2) is 14.1 Å². The lowest BCUT2D eigenvalue weighted by molar-refractivity contribution is 1.08. The summed E-state index contributed by atoms with van der Waals surface area (Å²) < 4.78 is 7.37. The van der Waals surface area contributed by atoms with Gasteiger partial charge in [0.25, 0.3) is 0 Å². The molecule has 0 radical (unpaired) electrons. The van der Waals surface area contributed by atoms with Crippen LogP contribution in [0.3, 0.4) is 0 Å². The maximum Gasteiger partial charge on any atom is 0.138 e. The smallest absolute Gasteiger partial charge is 0.138 e. The topological polar surface area (TPSA) is 22.8 Å². The molecule has 0 unspecified atom stereocenters. The number of rotatable bonds is 6. The molecule has 0 saturated heterocycles. The Bertz CT molecular complexity index is 3840. The van der Waals surface area contributed by atoms with Gasteiger partial charge in [0.2, 0.25) is 0 Å². The van der Waals surface area contributed by atoms with Gasteiger partial charge in [0, 0.05) is 53.0 Å². The van der Waals surface area contributed by atoms with Crippen molar-refractivity contribution >= 4 is 75.1 Å². The summed E-state index contributed by atoms with van der Waals surface area (Å²) in [6.45, 7) is 0. The highest BCUT2D eigenvalue weighted by Crippen LogP contribution is 2.42. The molecule has 4 heterocycles.